The molecular weight excluding hydrogens is 304 g/mol. The molecule has 104 valence electrons. The second-order valence-electron chi connectivity index (χ2n) is 5.41. The predicted octanol–water partition coefficient (Wildman–Crippen LogP) is 2.35. The Morgan fingerprint density at radius 2 is 2.11 bits per heavy atom. The molecule has 0 spiro atoms. The number of carbonyl (C=O) groups excluding carboxylic acids is 1. The summed E-state index contributed by atoms with van der Waals surface area (Å²) >= 11 is 3.54. The Balaban J connectivity index is 1.85. The van der Waals surface area contributed by atoms with E-state index in [9.17, 15) is 4.79 Å². The van der Waals surface area contributed by atoms with Gasteiger partial charge in [-0.3, -0.25) is 4.79 Å². The maximum atomic E-state index is 12.1. The number of benzene rings is 1. The highest BCUT2D eigenvalue weighted by Crippen LogP contribution is 2.19. The van der Waals surface area contributed by atoms with Gasteiger partial charge in [0.05, 0.1) is 0 Å². The van der Waals surface area contributed by atoms with Gasteiger partial charge in [0.2, 0.25) is 5.91 Å². The number of hydrogen-bond acceptors (Lipinski definition) is 2. The van der Waals surface area contributed by atoms with E-state index in [2.05, 4.69) is 39.6 Å². The number of rotatable bonds is 5. The van der Waals surface area contributed by atoms with Gasteiger partial charge >= 0.3 is 0 Å². The number of amides is 1. The van der Waals surface area contributed by atoms with Crippen LogP contribution in [-0.4, -0.2) is 25.0 Å². The van der Waals surface area contributed by atoms with E-state index in [0.29, 0.717) is 5.92 Å². The molecule has 0 radical (unpaired) electrons. The summed E-state index contributed by atoms with van der Waals surface area (Å²) in [6.07, 6.45) is 0.850. The van der Waals surface area contributed by atoms with Crippen LogP contribution in [-0.2, 0) is 11.2 Å². The Kier molecular flexibility index (Phi) is 4.99. The molecular formula is C15H21BrN2O. The van der Waals surface area contributed by atoms with Gasteiger partial charge in [-0.1, -0.05) is 41.1 Å². The third kappa shape index (κ3) is 3.80. The lowest BCUT2D eigenvalue weighted by molar-refractivity contribution is -0.127. The highest BCUT2D eigenvalue weighted by atomic mass is 79.9. The first kappa shape index (κ1) is 14.5. The first-order chi connectivity index (χ1) is 9.08. The van der Waals surface area contributed by atoms with Crippen LogP contribution < -0.4 is 10.6 Å². The van der Waals surface area contributed by atoms with Crippen LogP contribution in [0, 0.1) is 11.8 Å². The zero-order valence-corrected chi connectivity index (χ0v) is 13.0. The second kappa shape index (κ2) is 6.53. The first-order valence-electron chi connectivity index (χ1n) is 6.82. The van der Waals surface area contributed by atoms with Crippen molar-refractivity contribution in [3.8, 4) is 0 Å². The van der Waals surface area contributed by atoms with Crippen molar-refractivity contribution < 1.29 is 4.79 Å². The van der Waals surface area contributed by atoms with Crippen molar-refractivity contribution in [3.63, 3.8) is 0 Å². The minimum atomic E-state index is 0.0999. The van der Waals surface area contributed by atoms with Crippen molar-refractivity contribution in [2.75, 3.05) is 13.1 Å². The molecule has 2 N–H and O–H groups in total. The van der Waals surface area contributed by atoms with Gasteiger partial charge in [-0.2, -0.15) is 0 Å². The van der Waals surface area contributed by atoms with Gasteiger partial charge in [0.1, 0.15) is 0 Å². The first-order valence-corrected chi connectivity index (χ1v) is 7.61. The maximum Gasteiger partial charge on any atom is 0.223 e. The Bertz CT molecular complexity index is 446. The average Bonchev–Trinajstić information content (AvgIpc) is 2.29. The molecule has 2 atom stereocenters. The molecule has 19 heavy (non-hydrogen) atoms. The van der Waals surface area contributed by atoms with E-state index in [-0.39, 0.29) is 17.9 Å². The molecule has 3 nitrogen and oxygen atoms in total. The molecule has 0 bridgehead atoms. The van der Waals surface area contributed by atoms with Crippen molar-refractivity contribution in [2.24, 2.45) is 11.8 Å². The summed E-state index contributed by atoms with van der Waals surface area (Å²) in [6.45, 7) is 6.01. The van der Waals surface area contributed by atoms with Crippen LogP contribution in [0.3, 0.4) is 0 Å². The Hall–Kier alpha value is -0.870. The van der Waals surface area contributed by atoms with Gasteiger partial charge in [-0.15, -0.1) is 0 Å². The normalized spacial score (nSPS) is 18.5. The van der Waals surface area contributed by atoms with Crippen LogP contribution in [0.25, 0.3) is 0 Å². The van der Waals surface area contributed by atoms with Crippen LogP contribution in [0.15, 0.2) is 28.7 Å². The minimum Gasteiger partial charge on any atom is -0.353 e. The summed E-state index contributed by atoms with van der Waals surface area (Å²) in [7, 11) is 0. The molecule has 1 aromatic rings. The quantitative estimate of drug-likeness (QED) is 0.873. The zero-order chi connectivity index (χ0) is 13.8. The lowest BCUT2D eigenvalue weighted by Gasteiger charge is -2.32. The lowest BCUT2D eigenvalue weighted by Crippen LogP contribution is -2.50. The minimum absolute atomic E-state index is 0.0999. The summed E-state index contributed by atoms with van der Waals surface area (Å²) in [5, 5.41) is 6.33. The zero-order valence-electron chi connectivity index (χ0n) is 11.4. The van der Waals surface area contributed by atoms with E-state index < -0.39 is 0 Å². The highest BCUT2D eigenvalue weighted by Gasteiger charge is 2.29. The summed E-state index contributed by atoms with van der Waals surface area (Å²) in [4.78, 5) is 12.1. The molecule has 1 saturated heterocycles. The predicted molar refractivity (Wildman–Crippen MR) is 81.0 cm³/mol. The van der Waals surface area contributed by atoms with E-state index in [4.69, 9.17) is 0 Å². The van der Waals surface area contributed by atoms with Gasteiger partial charge in [0.25, 0.3) is 0 Å². The number of nitrogens with one attached hydrogen (secondary N) is 2. The largest absolute Gasteiger partial charge is 0.353 e. The van der Waals surface area contributed by atoms with E-state index >= 15 is 0 Å². The number of halogens is 1. The molecule has 0 aliphatic carbocycles. The standard InChI is InChI=1S/C15H21BrN2O/c1-10(7-12-5-3-4-6-14(12)16)18-15(19)11(2)13-8-17-9-13/h3-6,10-11,13,17H,7-9H2,1-2H3,(H,18,19). The van der Waals surface area contributed by atoms with Gasteiger partial charge in [-0.05, 0) is 44.0 Å². The molecule has 4 heteroatoms. The van der Waals surface area contributed by atoms with Crippen LogP contribution in [0.2, 0.25) is 0 Å². The fourth-order valence-corrected chi connectivity index (χ4v) is 2.74. The summed E-state index contributed by atoms with van der Waals surface area (Å²) in [6, 6.07) is 8.31. The fourth-order valence-electron chi connectivity index (χ4n) is 2.30. The Labute approximate surface area is 123 Å². The molecule has 1 aliphatic heterocycles. The topological polar surface area (TPSA) is 41.1 Å². The number of hydrogen-bond donors (Lipinski definition) is 2. The third-order valence-electron chi connectivity index (χ3n) is 3.81. The Morgan fingerprint density at radius 3 is 2.68 bits per heavy atom. The highest BCUT2D eigenvalue weighted by molar-refractivity contribution is 9.10. The van der Waals surface area contributed by atoms with Crippen molar-refractivity contribution in [1.29, 1.82) is 0 Å². The van der Waals surface area contributed by atoms with Gasteiger partial charge in [0, 0.05) is 16.4 Å². The average molecular weight is 325 g/mol. The fraction of sp³-hybridized carbons (Fsp3) is 0.533. The molecule has 1 heterocycles. The van der Waals surface area contributed by atoms with Crippen molar-refractivity contribution >= 4 is 21.8 Å². The van der Waals surface area contributed by atoms with Gasteiger partial charge in [0.15, 0.2) is 0 Å². The van der Waals surface area contributed by atoms with Crippen LogP contribution in [0.4, 0.5) is 0 Å². The second-order valence-corrected chi connectivity index (χ2v) is 6.27. The number of carbonyl (C=O) groups is 1. The third-order valence-corrected chi connectivity index (χ3v) is 4.58. The molecule has 0 aromatic heterocycles. The van der Waals surface area contributed by atoms with Gasteiger partial charge in [-0.25, -0.2) is 0 Å². The molecule has 2 rings (SSSR count). The van der Waals surface area contributed by atoms with Crippen LogP contribution in [0.1, 0.15) is 19.4 Å². The molecule has 1 fully saturated rings. The van der Waals surface area contributed by atoms with E-state index in [1.165, 1.54) is 5.56 Å². The van der Waals surface area contributed by atoms with Crippen molar-refractivity contribution in [1.82, 2.24) is 10.6 Å². The van der Waals surface area contributed by atoms with Crippen LogP contribution in [0.5, 0.6) is 0 Å². The summed E-state index contributed by atoms with van der Waals surface area (Å²) in [5.41, 5.74) is 1.23. The molecule has 1 aromatic carbocycles. The lowest BCUT2D eigenvalue weighted by atomic mass is 9.88. The summed E-state index contributed by atoms with van der Waals surface area (Å²) < 4.78 is 1.10. The van der Waals surface area contributed by atoms with E-state index in [1.807, 2.05) is 25.1 Å². The van der Waals surface area contributed by atoms with Crippen LogP contribution >= 0.6 is 15.9 Å². The maximum absolute atomic E-state index is 12.1. The molecule has 1 amide bonds. The molecule has 1 aliphatic rings. The molecule has 0 saturated carbocycles. The van der Waals surface area contributed by atoms with Crippen molar-refractivity contribution in [3.05, 3.63) is 34.3 Å². The van der Waals surface area contributed by atoms with E-state index in [0.717, 1.165) is 24.0 Å². The van der Waals surface area contributed by atoms with Crippen molar-refractivity contribution in [2.45, 2.75) is 26.3 Å². The monoisotopic (exact) mass is 324 g/mol. The van der Waals surface area contributed by atoms with Gasteiger partial charge < -0.3 is 10.6 Å². The SMILES string of the molecule is CC(Cc1ccccc1Br)NC(=O)C(C)C1CNC1. The van der Waals surface area contributed by atoms with E-state index in [1.54, 1.807) is 0 Å². The Morgan fingerprint density at radius 1 is 1.42 bits per heavy atom. The molecule has 2 unspecified atom stereocenters. The summed E-state index contributed by atoms with van der Waals surface area (Å²) in [5.74, 6) is 0.768. The smallest absolute Gasteiger partial charge is 0.223 e.